The van der Waals surface area contributed by atoms with E-state index in [4.69, 9.17) is 15.7 Å². The van der Waals surface area contributed by atoms with E-state index in [1.807, 2.05) is 38.1 Å². The summed E-state index contributed by atoms with van der Waals surface area (Å²) in [5.41, 5.74) is 8.69. The van der Waals surface area contributed by atoms with Crippen LogP contribution in [0.1, 0.15) is 19.4 Å². The Kier molecular flexibility index (Phi) is 4.11. The van der Waals surface area contributed by atoms with Crippen LogP contribution in [0, 0.1) is 11.3 Å². The molecule has 0 aliphatic carbocycles. The zero-order valence-electron chi connectivity index (χ0n) is 11.6. The van der Waals surface area contributed by atoms with Gasteiger partial charge in [0.05, 0.1) is 29.1 Å². The van der Waals surface area contributed by atoms with Crippen LogP contribution in [-0.4, -0.2) is 6.10 Å². The van der Waals surface area contributed by atoms with Crippen LogP contribution in [0.15, 0.2) is 42.5 Å². The van der Waals surface area contributed by atoms with E-state index in [1.165, 1.54) is 0 Å². The van der Waals surface area contributed by atoms with Crippen molar-refractivity contribution in [3.8, 4) is 11.8 Å². The molecule has 4 heteroatoms. The zero-order valence-corrected chi connectivity index (χ0v) is 11.6. The minimum Gasteiger partial charge on any atom is -0.491 e. The molecule has 0 aliphatic heterocycles. The highest BCUT2D eigenvalue weighted by atomic mass is 16.5. The summed E-state index contributed by atoms with van der Waals surface area (Å²) in [6.45, 7) is 3.98. The summed E-state index contributed by atoms with van der Waals surface area (Å²) in [7, 11) is 0. The lowest BCUT2D eigenvalue weighted by Crippen LogP contribution is -2.05. The Morgan fingerprint density at radius 1 is 1.15 bits per heavy atom. The molecule has 0 saturated carbocycles. The van der Waals surface area contributed by atoms with Crippen molar-refractivity contribution in [1.29, 1.82) is 5.26 Å². The SMILES string of the molecule is CC(C)Oc1ccc(Nc2ccc(C#N)cc2N)cc1. The standard InChI is InChI=1S/C16H17N3O/c1-11(2)20-14-6-4-13(5-7-14)19-16-8-3-12(10-17)9-15(16)18/h3-9,11,19H,18H2,1-2H3. The molecular weight excluding hydrogens is 250 g/mol. The fourth-order valence-electron chi connectivity index (χ4n) is 1.79. The lowest BCUT2D eigenvalue weighted by atomic mass is 10.2. The molecule has 0 spiro atoms. The molecule has 0 heterocycles. The molecule has 0 amide bonds. The smallest absolute Gasteiger partial charge is 0.119 e. The Hall–Kier alpha value is -2.67. The first-order valence-corrected chi connectivity index (χ1v) is 6.42. The molecule has 0 bridgehead atoms. The van der Waals surface area contributed by atoms with E-state index in [0.717, 1.165) is 17.1 Å². The summed E-state index contributed by atoms with van der Waals surface area (Å²) in [5.74, 6) is 0.832. The number of hydrogen-bond donors (Lipinski definition) is 2. The van der Waals surface area contributed by atoms with Crippen LogP contribution in [0.5, 0.6) is 5.75 Å². The number of ether oxygens (including phenoxy) is 1. The summed E-state index contributed by atoms with van der Waals surface area (Å²) in [5, 5.41) is 12.0. The fraction of sp³-hybridized carbons (Fsp3) is 0.188. The number of nitrogens with zero attached hydrogens (tertiary/aromatic N) is 1. The molecule has 2 aromatic rings. The Morgan fingerprint density at radius 2 is 1.85 bits per heavy atom. The molecule has 2 rings (SSSR count). The zero-order chi connectivity index (χ0) is 14.5. The van der Waals surface area contributed by atoms with Crippen LogP contribution < -0.4 is 15.8 Å². The number of nitrogen functional groups attached to an aromatic ring is 1. The molecule has 4 nitrogen and oxygen atoms in total. The maximum Gasteiger partial charge on any atom is 0.119 e. The van der Waals surface area contributed by atoms with Gasteiger partial charge in [-0.1, -0.05) is 0 Å². The second-order valence-corrected chi connectivity index (χ2v) is 4.73. The van der Waals surface area contributed by atoms with Crippen molar-refractivity contribution in [2.75, 3.05) is 11.1 Å². The van der Waals surface area contributed by atoms with Gasteiger partial charge in [0, 0.05) is 5.69 Å². The summed E-state index contributed by atoms with van der Waals surface area (Å²) >= 11 is 0. The third kappa shape index (κ3) is 3.42. The molecule has 3 N–H and O–H groups in total. The van der Waals surface area contributed by atoms with E-state index in [2.05, 4.69) is 11.4 Å². The van der Waals surface area contributed by atoms with Crippen molar-refractivity contribution in [3.63, 3.8) is 0 Å². The van der Waals surface area contributed by atoms with Gasteiger partial charge in [-0.3, -0.25) is 0 Å². The van der Waals surface area contributed by atoms with Crippen LogP contribution in [-0.2, 0) is 0 Å². The van der Waals surface area contributed by atoms with Gasteiger partial charge in [0.1, 0.15) is 5.75 Å². The Labute approximate surface area is 118 Å². The number of nitrogens with one attached hydrogen (secondary N) is 1. The van der Waals surface area contributed by atoms with Crippen LogP contribution >= 0.6 is 0 Å². The quantitative estimate of drug-likeness (QED) is 0.829. The topological polar surface area (TPSA) is 71.1 Å². The van der Waals surface area contributed by atoms with Gasteiger partial charge in [-0.25, -0.2) is 0 Å². The minimum atomic E-state index is 0.156. The van der Waals surface area contributed by atoms with E-state index in [0.29, 0.717) is 11.3 Å². The molecule has 20 heavy (non-hydrogen) atoms. The molecule has 0 unspecified atom stereocenters. The highest BCUT2D eigenvalue weighted by molar-refractivity contribution is 5.74. The molecule has 0 aliphatic rings. The lowest BCUT2D eigenvalue weighted by molar-refractivity contribution is 0.242. The maximum absolute atomic E-state index is 8.81. The van der Waals surface area contributed by atoms with Crippen molar-refractivity contribution in [2.45, 2.75) is 20.0 Å². The number of nitriles is 1. The first-order valence-electron chi connectivity index (χ1n) is 6.42. The van der Waals surface area contributed by atoms with Gasteiger partial charge in [0.25, 0.3) is 0 Å². The molecule has 2 aromatic carbocycles. The first-order chi connectivity index (χ1) is 9.58. The normalized spacial score (nSPS) is 10.1. The van der Waals surface area contributed by atoms with Crippen molar-refractivity contribution in [1.82, 2.24) is 0 Å². The van der Waals surface area contributed by atoms with Gasteiger partial charge in [0.2, 0.25) is 0 Å². The van der Waals surface area contributed by atoms with Crippen molar-refractivity contribution in [3.05, 3.63) is 48.0 Å². The molecule has 0 radical (unpaired) electrons. The third-order valence-electron chi connectivity index (χ3n) is 2.69. The van der Waals surface area contributed by atoms with Gasteiger partial charge in [0.15, 0.2) is 0 Å². The average molecular weight is 267 g/mol. The van der Waals surface area contributed by atoms with Crippen LogP contribution in [0.25, 0.3) is 0 Å². The Bertz CT molecular complexity index is 627. The molecule has 0 fully saturated rings. The third-order valence-corrected chi connectivity index (χ3v) is 2.69. The number of nitrogens with two attached hydrogens (primary N) is 1. The van der Waals surface area contributed by atoms with Crippen LogP contribution in [0.3, 0.4) is 0 Å². The van der Waals surface area contributed by atoms with E-state index in [1.54, 1.807) is 18.2 Å². The summed E-state index contributed by atoms with van der Waals surface area (Å²) in [4.78, 5) is 0. The number of hydrogen-bond acceptors (Lipinski definition) is 4. The fourth-order valence-corrected chi connectivity index (χ4v) is 1.79. The van der Waals surface area contributed by atoms with Gasteiger partial charge < -0.3 is 15.8 Å². The first kappa shape index (κ1) is 13.8. The van der Waals surface area contributed by atoms with E-state index in [9.17, 15) is 0 Å². The summed E-state index contributed by atoms with van der Waals surface area (Å²) in [6.07, 6.45) is 0.156. The second-order valence-electron chi connectivity index (χ2n) is 4.73. The summed E-state index contributed by atoms with van der Waals surface area (Å²) < 4.78 is 5.58. The molecule has 0 aromatic heterocycles. The molecule has 102 valence electrons. The van der Waals surface area contributed by atoms with Crippen molar-refractivity contribution < 1.29 is 4.74 Å². The lowest BCUT2D eigenvalue weighted by Gasteiger charge is -2.12. The predicted octanol–water partition coefficient (Wildman–Crippen LogP) is 3.67. The van der Waals surface area contributed by atoms with Gasteiger partial charge in [-0.05, 0) is 56.3 Å². The predicted molar refractivity (Wildman–Crippen MR) is 81.1 cm³/mol. The Balaban J connectivity index is 2.12. The maximum atomic E-state index is 8.81. The van der Waals surface area contributed by atoms with Crippen LogP contribution in [0.2, 0.25) is 0 Å². The number of anilines is 3. The van der Waals surface area contributed by atoms with E-state index < -0.39 is 0 Å². The minimum absolute atomic E-state index is 0.156. The van der Waals surface area contributed by atoms with Crippen molar-refractivity contribution in [2.24, 2.45) is 0 Å². The van der Waals surface area contributed by atoms with E-state index in [-0.39, 0.29) is 6.10 Å². The highest BCUT2D eigenvalue weighted by Gasteiger charge is 2.02. The largest absolute Gasteiger partial charge is 0.491 e. The van der Waals surface area contributed by atoms with Gasteiger partial charge >= 0.3 is 0 Å². The second kappa shape index (κ2) is 5.98. The average Bonchev–Trinajstić information content (AvgIpc) is 2.42. The summed E-state index contributed by atoms with van der Waals surface area (Å²) in [6, 6.07) is 14.9. The van der Waals surface area contributed by atoms with E-state index >= 15 is 0 Å². The van der Waals surface area contributed by atoms with Gasteiger partial charge in [-0.15, -0.1) is 0 Å². The molecule has 0 atom stereocenters. The highest BCUT2D eigenvalue weighted by Crippen LogP contribution is 2.25. The Morgan fingerprint density at radius 3 is 2.40 bits per heavy atom. The number of benzene rings is 2. The monoisotopic (exact) mass is 267 g/mol. The van der Waals surface area contributed by atoms with Crippen LogP contribution in [0.4, 0.5) is 17.1 Å². The number of rotatable bonds is 4. The van der Waals surface area contributed by atoms with Crippen molar-refractivity contribution >= 4 is 17.1 Å². The molecular formula is C16H17N3O. The van der Waals surface area contributed by atoms with Gasteiger partial charge in [-0.2, -0.15) is 5.26 Å². The molecule has 0 saturated heterocycles.